The molecule has 3 rings (SSSR count). The van der Waals surface area contributed by atoms with Gasteiger partial charge in [0.05, 0.1) is 13.7 Å². The third kappa shape index (κ3) is 2.52. The summed E-state index contributed by atoms with van der Waals surface area (Å²) in [6.07, 6.45) is -2.03. The van der Waals surface area contributed by atoms with Gasteiger partial charge in [-0.3, -0.25) is 0 Å². The molecule has 1 N–H and O–H groups in total. The van der Waals surface area contributed by atoms with Gasteiger partial charge in [-0.15, -0.1) is 5.10 Å². The second-order valence-corrected chi connectivity index (χ2v) is 6.50. The maximum atomic E-state index is 11.6. The van der Waals surface area contributed by atoms with Gasteiger partial charge in [0.15, 0.2) is 12.0 Å². The summed E-state index contributed by atoms with van der Waals surface area (Å²) in [6, 6.07) is 0. The Morgan fingerprint density at radius 2 is 2.14 bits per heavy atom. The number of fused-ring (bicyclic) bond motifs is 1. The molecule has 0 bridgehead atoms. The molecular weight excluding hydrogens is 409 g/mol. The van der Waals surface area contributed by atoms with Crippen molar-refractivity contribution in [1.29, 1.82) is 0 Å². The van der Waals surface area contributed by atoms with Crippen molar-refractivity contribution < 1.29 is 28.8 Å². The molecule has 22 heavy (non-hydrogen) atoms. The molecule has 0 amide bonds. The van der Waals surface area contributed by atoms with Crippen LogP contribution in [0.15, 0.2) is 0 Å². The topological polar surface area (TPSA) is 105 Å². The van der Waals surface area contributed by atoms with Crippen LogP contribution < -0.4 is 0 Å². The lowest BCUT2D eigenvalue weighted by Crippen LogP contribution is -2.31. The summed E-state index contributed by atoms with van der Waals surface area (Å²) >= 11 is 1.94. The Labute approximate surface area is 140 Å². The number of carbonyl (C=O) groups is 1. The highest BCUT2D eigenvalue weighted by atomic mass is 127. The van der Waals surface area contributed by atoms with E-state index in [1.165, 1.54) is 11.8 Å². The number of aliphatic hydroxyl groups is 1. The first-order valence-electron chi connectivity index (χ1n) is 6.69. The van der Waals surface area contributed by atoms with Gasteiger partial charge in [0.2, 0.25) is 5.69 Å². The molecule has 0 aliphatic carbocycles. The highest BCUT2D eigenvalue weighted by molar-refractivity contribution is 14.1. The van der Waals surface area contributed by atoms with Crippen LogP contribution in [0.3, 0.4) is 0 Å². The minimum absolute atomic E-state index is 0.105. The predicted octanol–water partition coefficient (Wildman–Crippen LogP) is 0.0791. The molecule has 0 spiro atoms. The normalized spacial score (nSPS) is 33.0. The smallest absolute Gasteiger partial charge is 0.361 e. The monoisotopic (exact) mass is 425 g/mol. The van der Waals surface area contributed by atoms with Gasteiger partial charge in [-0.1, -0.05) is 5.21 Å². The number of ether oxygens (including phenoxy) is 4. The SMILES string of the molecule is COC(=O)c1nnn([C@@H]2O[C@H](CO)[C@H]3OC(C)(C)O[C@H]32)c1I. The van der Waals surface area contributed by atoms with Gasteiger partial charge in [-0.2, -0.15) is 0 Å². The standard InChI is InChI=1S/C12H16IN3O6/c1-12(2)21-7-5(4-17)20-10(8(7)22-12)16-9(13)6(14-15-16)11(18)19-3/h5,7-8,10,17H,4H2,1-3H3/t5-,7-,8-,10-/m1/s1. The van der Waals surface area contributed by atoms with Gasteiger partial charge >= 0.3 is 5.97 Å². The fourth-order valence-corrected chi connectivity index (χ4v) is 3.37. The maximum absolute atomic E-state index is 11.6. The van der Waals surface area contributed by atoms with Crippen LogP contribution in [0.1, 0.15) is 30.6 Å². The number of esters is 1. The molecule has 10 heteroatoms. The molecule has 2 aliphatic rings. The Morgan fingerprint density at radius 3 is 2.77 bits per heavy atom. The van der Waals surface area contributed by atoms with Crippen LogP contribution in [0, 0.1) is 3.70 Å². The van der Waals surface area contributed by atoms with Crippen LogP contribution in [-0.4, -0.2) is 63.9 Å². The zero-order valence-electron chi connectivity index (χ0n) is 12.2. The maximum Gasteiger partial charge on any atom is 0.361 e. The van der Waals surface area contributed by atoms with Crippen molar-refractivity contribution in [2.24, 2.45) is 0 Å². The molecule has 0 aromatic carbocycles. The van der Waals surface area contributed by atoms with E-state index in [0.29, 0.717) is 3.70 Å². The first-order valence-corrected chi connectivity index (χ1v) is 7.77. The molecular formula is C12H16IN3O6. The van der Waals surface area contributed by atoms with Crippen LogP contribution in [0.2, 0.25) is 0 Å². The highest BCUT2D eigenvalue weighted by Gasteiger charge is 2.56. The van der Waals surface area contributed by atoms with E-state index in [1.807, 2.05) is 22.6 Å². The average molecular weight is 425 g/mol. The average Bonchev–Trinajstić information content (AvgIpc) is 3.08. The van der Waals surface area contributed by atoms with E-state index in [0.717, 1.165) is 0 Å². The second kappa shape index (κ2) is 5.67. The highest BCUT2D eigenvalue weighted by Crippen LogP contribution is 2.43. The molecule has 2 aliphatic heterocycles. The zero-order chi connectivity index (χ0) is 16.1. The molecule has 9 nitrogen and oxygen atoms in total. The molecule has 3 heterocycles. The van der Waals surface area contributed by atoms with E-state index < -0.39 is 36.3 Å². The number of hydrogen-bond donors (Lipinski definition) is 1. The van der Waals surface area contributed by atoms with Gasteiger partial charge in [-0.25, -0.2) is 9.48 Å². The summed E-state index contributed by atoms with van der Waals surface area (Å²) in [5.74, 6) is -1.35. The van der Waals surface area contributed by atoms with Crippen LogP contribution in [-0.2, 0) is 18.9 Å². The van der Waals surface area contributed by atoms with Crippen LogP contribution >= 0.6 is 22.6 Å². The van der Waals surface area contributed by atoms with Gasteiger partial charge in [-0.05, 0) is 36.4 Å². The lowest BCUT2D eigenvalue weighted by molar-refractivity contribution is -0.202. The van der Waals surface area contributed by atoms with E-state index in [-0.39, 0.29) is 12.3 Å². The summed E-state index contributed by atoms with van der Waals surface area (Å²) in [5.41, 5.74) is 0.105. The number of aliphatic hydroxyl groups excluding tert-OH is 1. The van der Waals surface area contributed by atoms with Crippen molar-refractivity contribution in [2.75, 3.05) is 13.7 Å². The minimum Gasteiger partial charge on any atom is -0.464 e. The fraction of sp³-hybridized carbons (Fsp3) is 0.750. The first-order chi connectivity index (χ1) is 10.4. The number of nitrogens with zero attached hydrogens (tertiary/aromatic N) is 3. The molecule has 0 unspecified atom stereocenters. The Balaban J connectivity index is 1.92. The lowest BCUT2D eigenvalue weighted by atomic mass is 10.1. The molecule has 1 aromatic rings. The molecule has 2 fully saturated rings. The minimum atomic E-state index is -0.776. The van der Waals surface area contributed by atoms with E-state index in [2.05, 4.69) is 15.0 Å². The van der Waals surface area contributed by atoms with Crippen molar-refractivity contribution in [2.45, 2.75) is 44.2 Å². The van der Waals surface area contributed by atoms with Gasteiger partial charge in [0.25, 0.3) is 0 Å². The van der Waals surface area contributed by atoms with E-state index in [4.69, 9.17) is 14.2 Å². The number of halogens is 1. The number of methoxy groups -OCH3 is 1. The van der Waals surface area contributed by atoms with Crippen molar-refractivity contribution in [3.8, 4) is 0 Å². The van der Waals surface area contributed by atoms with Crippen LogP contribution in [0.25, 0.3) is 0 Å². The molecule has 1 aromatic heterocycles. The van der Waals surface area contributed by atoms with Crippen LogP contribution in [0.5, 0.6) is 0 Å². The number of aromatic nitrogens is 3. The second-order valence-electron chi connectivity index (χ2n) is 5.48. The van der Waals surface area contributed by atoms with Crippen molar-refractivity contribution >= 4 is 28.6 Å². The Morgan fingerprint density at radius 1 is 1.45 bits per heavy atom. The molecule has 4 atom stereocenters. The predicted molar refractivity (Wildman–Crippen MR) is 78.9 cm³/mol. The summed E-state index contributed by atoms with van der Waals surface area (Å²) < 4.78 is 24.0. The van der Waals surface area contributed by atoms with Crippen molar-refractivity contribution in [3.63, 3.8) is 0 Å². The third-order valence-corrected chi connectivity index (χ3v) is 4.57. The summed E-state index contributed by atoms with van der Waals surface area (Å²) in [6.45, 7) is 3.39. The number of carbonyl (C=O) groups excluding carboxylic acids is 1. The Bertz CT molecular complexity index is 591. The van der Waals surface area contributed by atoms with Gasteiger partial charge in [0, 0.05) is 0 Å². The third-order valence-electron chi connectivity index (χ3n) is 3.56. The fourth-order valence-electron chi connectivity index (χ4n) is 2.67. The number of rotatable bonds is 3. The summed E-state index contributed by atoms with van der Waals surface area (Å²) in [7, 11) is 1.28. The van der Waals surface area contributed by atoms with E-state index >= 15 is 0 Å². The lowest BCUT2D eigenvalue weighted by Gasteiger charge is -2.23. The molecule has 0 radical (unpaired) electrons. The molecule has 122 valence electrons. The van der Waals surface area contributed by atoms with Crippen LogP contribution in [0.4, 0.5) is 0 Å². The quantitative estimate of drug-likeness (QED) is 0.537. The number of hydrogen-bond acceptors (Lipinski definition) is 8. The van der Waals surface area contributed by atoms with Gasteiger partial charge in [0.1, 0.15) is 22.0 Å². The summed E-state index contributed by atoms with van der Waals surface area (Å²) in [4.78, 5) is 11.6. The van der Waals surface area contributed by atoms with Gasteiger partial charge < -0.3 is 24.1 Å². The van der Waals surface area contributed by atoms with Crippen molar-refractivity contribution in [3.05, 3.63) is 9.39 Å². The largest absolute Gasteiger partial charge is 0.464 e. The molecule has 2 saturated heterocycles. The van der Waals surface area contributed by atoms with E-state index in [1.54, 1.807) is 13.8 Å². The van der Waals surface area contributed by atoms with Crippen molar-refractivity contribution in [1.82, 2.24) is 15.0 Å². The Kier molecular flexibility index (Phi) is 4.14. The molecule has 0 saturated carbocycles. The summed E-state index contributed by atoms with van der Waals surface area (Å²) in [5, 5.41) is 17.3. The Hall–Kier alpha value is -0.820. The van der Waals surface area contributed by atoms with E-state index in [9.17, 15) is 9.90 Å². The first kappa shape index (κ1) is 16.1. The zero-order valence-corrected chi connectivity index (χ0v) is 14.4.